The van der Waals surface area contributed by atoms with Gasteiger partial charge in [0.2, 0.25) is 0 Å². The number of nitrogens with zero attached hydrogens (tertiary/aromatic N) is 3. The summed E-state index contributed by atoms with van der Waals surface area (Å²) in [5, 5.41) is 17.3. The third kappa shape index (κ3) is 3.78. The first-order valence-corrected chi connectivity index (χ1v) is 5.61. The van der Waals surface area contributed by atoms with Crippen LogP contribution in [0.3, 0.4) is 0 Å². The summed E-state index contributed by atoms with van der Waals surface area (Å²) in [5.74, 6) is -0.545. The molecule has 0 radical (unpaired) electrons. The minimum absolute atomic E-state index is 0.148. The highest BCUT2D eigenvalue weighted by Gasteiger charge is 2.21. The molecule has 0 atom stereocenters. The van der Waals surface area contributed by atoms with Crippen molar-refractivity contribution >= 4 is 5.97 Å². The van der Waals surface area contributed by atoms with Gasteiger partial charge in [0.1, 0.15) is 0 Å². The van der Waals surface area contributed by atoms with Crippen LogP contribution in [0, 0.1) is 0 Å². The van der Waals surface area contributed by atoms with E-state index >= 15 is 0 Å². The lowest BCUT2D eigenvalue weighted by Crippen LogP contribution is -2.22. The molecule has 7 nitrogen and oxygen atoms in total. The van der Waals surface area contributed by atoms with Gasteiger partial charge in [-0.05, 0) is 20.3 Å². The lowest BCUT2D eigenvalue weighted by molar-refractivity contribution is 0.0588. The Bertz CT molecular complexity index is 409. The van der Waals surface area contributed by atoms with Crippen LogP contribution < -0.4 is 0 Å². The molecule has 102 valence electrons. The van der Waals surface area contributed by atoms with Crippen molar-refractivity contribution in [1.82, 2.24) is 15.0 Å². The van der Waals surface area contributed by atoms with Crippen molar-refractivity contribution in [2.75, 3.05) is 14.2 Å². The molecule has 1 aromatic heterocycles. The van der Waals surface area contributed by atoms with Crippen LogP contribution in [0.4, 0.5) is 0 Å². The van der Waals surface area contributed by atoms with Crippen LogP contribution in [-0.2, 0) is 22.6 Å². The summed E-state index contributed by atoms with van der Waals surface area (Å²) in [5.41, 5.74) is -0.106. The average Bonchev–Trinajstić information content (AvgIpc) is 2.68. The third-order valence-electron chi connectivity index (χ3n) is 2.43. The standard InChI is InChI=1S/C11H19N3O4/c1-11(2,16)5-6-14-8(7-17-3)9(12-13-14)10(15)18-4/h16H,5-7H2,1-4H3. The fourth-order valence-corrected chi connectivity index (χ4v) is 1.43. The number of hydrogen-bond donors (Lipinski definition) is 1. The number of ether oxygens (including phenoxy) is 2. The molecule has 1 N–H and O–H groups in total. The van der Waals surface area contributed by atoms with Crippen LogP contribution in [0.25, 0.3) is 0 Å². The molecule has 0 saturated heterocycles. The largest absolute Gasteiger partial charge is 0.464 e. The molecule has 0 aliphatic rings. The highest BCUT2D eigenvalue weighted by molar-refractivity contribution is 5.88. The van der Waals surface area contributed by atoms with Crippen molar-refractivity contribution in [2.45, 2.75) is 39.0 Å². The van der Waals surface area contributed by atoms with E-state index in [-0.39, 0.29) is 12.3 Å². The van der Waals surface area contributed by atoms with Crippen molar-refractivity contribution in [2.24, 2.45) is 0 Å². The van der Waals surface area contributed by atoms with Crippen molar-refractivity contribution < 1.29 is 19.4 Å². The second-order valence-electron chi connectivity index (χ2n) is 4.59. The Hall–Kier alpha value is -1.47. The zero-order valence-corrected chi connectivity index (χ0v) is 11.1. The van der Waals surface area contributed by atoms with E-state index in [1.54, 1.807) is 18.5 Å². The molecule has 1 aromatic rings. The van der Waals surface area contributed by atoms with E-state index in [0.29, 0.717) is 18.7 Å². The van der Waals surface area contributed by atoms with Gasteiger partial charge in [0.15, 0.2) is 5.69 Å². The maximum Gasteiger partial charge on any atom is 0.360 e. The molecule has 0 aliphatic heterocycles. The van der Waals surface area contributed by atoms with E-state index in [0.717, 1.165) is 0 Å². The van der Waals surface area contributed by atoms with E-state index < -0.39 is 11.6 Å². The van der Waals surface area contributed by atoms with Gasteiger partial charge in [-0.2, -0.15) is 0 Å². The fraction of sp³-hybridized carbons (Fsp3) is 0.727. The smallest absolute Gasteiger partial charge is 0.360 e. The molecule has 0 saturated carbocycles. The molecular formula is C11H19N3O4. The normalized spacial score (nSPS) is 11.6. The highest BCUT2D eigenvalue weighted by Crippen LogP contribution is 2.13. The Morgan fingerprint density at radius 3 is 2.61 bits per heavy atom. The number of carbonyl (C=O) groups is 1. The summed E-state index contributed by atoms with van der Waals surface area (Å²) in [7, 11) is 2.81. The van der Waals surface area contributed by atoms with Gasteiger partial charge in [0.05, 0.1) is 25.0 Å². The minimum Gasteiger partial charge on any atom is -0.464 e. The van der Waals surface area contributed by atoms with Gasteiger partial charge >= 0.3 is 5.97 Å². The lowest BCUT2D eigenvalue weighted by Gasteiger charge is -2.17. The van der Waals surface area contributed by atoms with E-state index in [4.69, 9.17) is 4.74 Å². The zero-order chi connectivity index (χ0) is 13.8. The third-order valence-corrected chi connectivity index (χ3v) is 2.43. The van der Waals surface area contributed by atoms with Crippen molar-refractivity contribution in [3.05, 3.63) is 11.4 Å². The van der Waals surface area contributed by atoms with E-state index in [1.807, 2.05) is 0 Å². The predicted molar refractivity (Wildman–Crippen MR) is 63.0 cm³/mol. The quantitative estimate of drug-likeness (QED) is 0.741. The maximum absolute atomic E-state index is 11.5. The molecule has 0 bridgehead atoms. The van der Waals surface area contributed by atoms with Crippen LogP contribution in [0.5, 0.6) is 0 Å². The molecule has 0 aliphatic carbocycles. The molecule has 7 heteroatoms. The molecule has 0 unspecified atom stereocenters. The van der Waals surface area contributed by atoms with Crippen LogP contribution in [0.1, 0.15) is 36.5 Å². The SMILES string of the molecule is COCc1c(C(=O)OC)nnn1CCC(C)(C)O. The Morgan fingerprint density at radius 2 is 2.11 bits per heavy atom. The fourth-order valence-electron chi connectivity index (χ4n) is 1.43. The van der Waals surface area contributed by atoms with Gasteiger partial charge in [-0.3, -0.25) is 0 Å². The molecule has 0 aromatic carbocycles. The Labute approximate surface area is 106 Å². The number of hydrogen-bond acceptors (Lipinski definition) is 6. The molecule has 0 fully saturated rings. The van der Waals surface area contributed by atoms with Crippen molar-refractivity contribution in [3.8, 4) is 0 Å². The summed E-state index contributed by atoms with van der Waals surface area (Å²) in [4.78, 5) is 11.5. The summed E-state index contributed by atoms with van der Waals surface area (Å²) in [6.07, 6.45) is 0.494. The first kappa shape index (κ1) is 14.6. The number of esters is 1. The average molecular weight is 257 g/mol. The van der Waals surface area contributed by atoms with Crippen LogP contribution in [0.15, 0.2) is 0 Å². The monoisotopic (exact) mass is 257 g/mol. The minimum atomic E-state index is -0.804. The van der Waals surface area contributed by atoms with Gasteiger partial charge in [0.25, 0.3) is 0 Å². The second kappa shape index (κ2) is 5.92. The van der Waals surface area contributed by atoms with Crippen molar-refractivity contribution in [3.63, 3.8) is 0 Å². The number of aliphatic hydroxyl groups is 1. The second-order valence-corrected chi connectivity index (χ2v) is 4.59. The van der Waals surface area contributed by atoms with Gasteiger partial charge in [-0.15, -0.1) is 5.10 Å². The van der Waals surface area contributed by atoms with Gasteiger partial charge < -0.3 is 14.6 Å². The topological polar surface area (TPSA) is 86.5 Å². The first-order valence-electron chi connectivity index (χ1n) is 5.61. The van der Waals surface area contributed by atoms with E-state index in [2.05, 4.69) is 15.0 Å². The Kier molecular flexibility index (Phi) is 4.80. The molecule has 0 spiro atoms. The molecule has 0 amide bonds. The van der Waals surface area contributed by atoms with Crippen LogP contribution >= 0.6 is 0 Å². The Morgan fingerprint density at radius 1 is 1.44 bits per heavy atom. The number of methoxy groups -OCH3 is 2. The van der Waals surface area contributed by atoms with Crippen LogP contribution in [-0.4, -0.2) is 45.9 Å². The first-order chi connectivity index (χ1) is 8.39. The molecule has 1 rings (SSSR count). The van der Waals surface area contributed by atoms with Gasteiger partial charge in [-0.25, -0.2) is 9.48 Å². The Balaban J connectivity index is 2.91. The van der Waals surface area contributed by atoms with Crippen LogP contribution in [0.2, 0.25) is 0 Å². The number of carbonyl (C=O) groups excluding carboxylic acids is 1. The van der Waals surface area contributed by atoms with Crippen molar-refractivity contribution in [1.29, 1.82) is 0 Å². The number of aromatic nitrogens is 3. The van der Waals surface area contributed by atoms with E-state index in [1.165, 1.54) is 14.2 Å². The van der Waals surface area contributed by atoms with E-state index in [9.17, 15) is 9.90 Å². The predicted octanol–water partition coefficient (Wildman–Crippen LogP) is 0.372. The lowest BCUT2D eigenvalue weighted by atomic mass is 10.1. The van der Waals surface area contributed by atoms with Gasteiger partial charge in [-0.1, -0.05) is 5.21 Å². The maximum atomic E-state index is 11.5. The number of rotatable bonds is 6. The summed E-state index contributed by atoms with van der Waals surface area (Å²) in [6.45, 7) is 4.08. The molecule has 1 heterocycles. The van der Waals surface area contributed by atoms with Gasteiger partial charge in [0, 0.05) is 13.7 Å². The molecule has 18 heavy (non-hydrogen) atoms. The molecular weight excluding hydrogens is 238 g/mol. The summed E-state index contributed by atoms with van der Waals surface area (Å²) >= 11 is 0. The zero-order valence-electron chi connectivity index (χ0n) is 11.1. The highest BCUT2D eigenvalue weighted by atomic mass is 16.5. The summed E-state index contributed by atoms with van der Waals surface area (Å²) in [6, 6.07) is 0. The number of aryl methyl sites for hydroxylation is 1. The summed E-state index contributed by atoms with van der Waals surface area (Å²) < 4.78 is 11.2.